The predicted molar refractivity (Wildman–Crippen MR) is 58.8 cm³/mol. The van der Waals surface area contributed by atoms with Crippen LogP contribution in [0, 0.1) is 0 Å². The lowest BCUT2D eigenvalue weighted by Gasteiger charge is -2.09. The fourth-order valence-electron chi connectivity index (χ4n) is 1.60. The van der Waals surface area contributed by atoms with Gasteiger partial charge in [0.1, 0.15) is 6.10 Å². The van der Waals surface area contributed by atoms with Crippen molar-refractivity contribution in [1.29, 1.82) is 0 Å². The van der Waals surface area contributed by atoms with Gasteiger partial charge < -0.3 is 4.74 Å². The van der Waals surface area contributed by atoms with E-state index in [9.17, 15) is 9.59 Å². The minimum atomic E-state index is -0.372. The van der Waals surface area contributed by atoms with Gasteiger partial charge in [0.05, 0.1) is 12.8 Å². The summed E-state index contributed by atoms with van der Waals surface area (Å²) in [5.74, 6) is -0.284. The first-order valence-corrected chi connectivity index (χ1v) is 5.18. The van der Waals surface area contributed by atoms with Gasteiger partial charge in [-0.15, -0.1) is 0 Å². The molecule has 0 heterocycles. The van der Waals surface area contributed by atoms with Gasteiger partial charge in [0.2, 0.25) is 0 Å². The zero-order valence-corrected chi connectivity index (χ0v) is 8.76. The SMILES string of the molecule is O=C1C=C[C@@H](OC(=O)Cc2ccccc2)C1. The van der Waals surface area contributed by atoms with E-state index in [0.29, 0.717) is 0 Å². The smallest absolute Gasteiger partial charge is 0.310 e. The largest absolute Gasteiger partial charge is 0.457 e. The number of hydrogen-bond acceptors (Lipinski definition) is 3. The van der Waals surface area contributed by atoms with E-state index in [4.69, 9.17) is 4.74 Å². The maximum absolute atomic E-state index is 11.5. The number of allylic oxidation sites excluding steroid dienone is 1. The van der Waals surface area contributed by atoms with Crippen LogP contribution < -0.4 is 0 Å². The van der Waals surface area contributed by atoms with Crippen molar-refractivity contribution in [1.82, 2.24) is 0 Å². The highest BCUT2D eigenvalue weighted by Gasteiger charge is 2.19. The molecule has 0 amide bonds. The second-order valence-electron chi connectivity index (χ2n) is 3.72. The first kappa shape index (κ1) is 10.6. The van der Waals surface area contributed by atoms with Gasteiger partial charge in [0, 0.05) is 0 Å². The lowest BCUT2D eigenvalue weighted by molar-refractivity contribution is -0.146. The molecule has 0 bridgehead atoms. The molecule has 2 rings (SSSR count). The quantitative estimate of drug-likeness (QED) is 0.722. The molecule has 1 aliphatic carbocycles. The van der Waals surface area contributed by atoms with Crippen LogP contribution in [0.1, 0.15) is 12.0 Å². The van der Waals surface area contributed by atoms with E-state index < -0.39 is 0 Å². The highest BCUT2D eigenvalue weighted by atomic mass is 16.5. The van der Waals surface area contributed by atoms with E-state index >= 15 is 0 Å². The number of rotatable bonds is 3. The fraction of sp³-hybridized carbons (Fsp3) is 0.231. The van der Waals surface area contributed by atoms with Gasteiger partial charge in [-0.3, -0.25) is 9.59 Å². The number of ether oxygens (including phenoxy) is 1. The second kappa shape index (κ2) is 4.75. The van der Waals surface area contributed by atoms with Crippen molar-refractivity contribution in [2.24, 2.45) is 0 Å². The Labute approximate surface area is 93.7 Å². The van der Waals surface area contributed by atoms with Gasteiger partial charge >= 0.3 is 5.97 Å². The summed E-state index contributed by atoms with van der Waals surface area (Å²) in [6.45, 7) is 0. The highest BCUT2D eigenvalue weighted by Crippen LogP contribution is 2.11. The van der Waals surface area contributed by atoms with E-state index in [1.807, 2.05) is 30.3 Å². The van der Waals surface area contributed by atoms with Gasteiger partial charge in [-0.25, -0.2) is 0 Å². The third kappa shape index (κ3) is 2.79. The summed E-state index contributed by atoms with van der Waals surface area (Å²) in [6.07, 6.45) is 3.25. The van der Waals surface area contributed by atoms with E-state index in [-0.39, 0.29) is 30.7 Å². The van der Waals surface area contributed by atoms with E-state index in [0.717, 1.165) is 5.56 Å². The number of ketones is 1. The normalized spacial score (nSPS) is 18.8. The van der Waals surface area contributed by atoms with Crippen molar-refractivity contribution in [2.75, 3.05) is 0 Å². The lowest BCUT2D eigenvalue weighted by atomic mass is 10.1. The molecule has 1 aliphatic rings. The average Bonchev–Trinajstić information content (AvgIpc) is 2.65. The number of carbonyl (C=O) groups is 2. The Balaban J connectivity index is 1.86. The Morgan fingerprint density at radius 3 is 2.69 bits per heavy atom. The van der Waals surface area contributed by atoms with Crippen LogP contribution in [0.5, 0.6) is 0 Å². The van der Waals surface area contributed by atoms with Crippen molar-refractivity contribution in [3.05, 3.63) is 48.0 Å². The molecule has 0 radical (unpaired) electrons. The highest BCUT2D eigenvalue weighted by molar-refractivity contribution is 5.93. The maximum atomic E-state index is 11.5. The van der Waals surface area contributed by atoms with E-state index in [1.54, 1.807) is 6.08 Å². The van der Waals surface area contributed by atoms with Crippen LogP contribution in [-0.4, -0.2) is 17.9 Å². The molecule has 0 spiro atoms. The number of hydrogen-bond donors (Lipinski definition) is 0. The topological polar surface area (TPSA) is 43.4 Å². The molecule has 0 N–H and O–H groups in total. The van der Waals surface area contributed by atoms with Crippen LogP contribution in [0.25, 0.3) is 0 Å². The summed E-state index contributed by atoms with van der Waals surface area (Å²) >= 11 is 0. The van der Waals surface area contributed by atoms with Crippen LogP contribution >= 0.6 is 0 Å². The Hall–Kier alpha value is -1.90. The first-order chi connectivity index (χ1) is 7.74. The third-order valence-electron chi connectivity index (χ3n) is 2.37. The van der Waals surface area contributed by atoms with Crippen LogP contribution in [-0.2, 0) is 20.7 Å². The van der Waals surface area contributed by atoms with Crippen molar-refractivity contribution < 1.29 is 14.3 Å². The zero-order valence-electron chi connectivity index (χ0n) is 8.76. The molecule has 82 valence electrons. The molecule has 1 atom stereocenters. The molecule has 0 saturated carbocycles. The van der Waals surface area contributed by atoms with Crippen molar-refractivity contribution in [3.63, 3.8) is 0 Å². The van der Waals surface area contributed by atoms with Crippen molar-refractivity contribution >= 4 is 11.8 Å². The summed E-state index contributed by atoms with van der Waals surface area (Å²) in [5.41, 5.74) is 0.917. The van der Waals surface area contributed by atoms with E-state index in [2.05, 4.69) is 0 Å². The number of carbonyl (C=O) groups excluding carboxylic acids is 2. The van der Waals surface area contributed by atoms with Gasteiger partial charge in [0.25, 0.3) is 0 Å². The molecule has 1 aromatic carbocycles. The van der Waals surface area contributed by atoms with Crippen molar-refractivity contribution in [2.45, 2.75) is 18.9 Å². The molecule has 0 fully saturated rings. The monoisotopic (exact) mass is 216 g/mol. The Bertz CT molecular complexity index is 420. The summed E-state index contributed by atoms with van der Waals surface area (Å²) in [5, 5.41) is 0. The first-order valence-electron chi connectivity index (χ1n) is 5.18. The molecule has 3 nitrogen and oxygen atoms in total. The minimum Gasteiger partial charge on any atom is -0.457 e. The fourth-order valence-corrected chi connectivity index (χ4v) is 1.60. The summed E-state index contributed by atoms with van der Waals surface area (Å²) in [4.78, 5) is 22.4. The van der Waals surface area contributed by atoms with Crippen LogP contribution in [0.4, 0.5) is 0 Å². The third-order valence-corrected chi connectivity index (χ3v) is 2.37. The predicted octanol–water partition coefficient (Wildman–Crippen LogP) is 1.67. The van der Waals surface area contributed by atoms with Crippen LogP contribution in [0.15, 0.2) is 42.5 Å². The Morgan fingerprint density at radius 2 is 2.06 bits per heavy atom. The van der Waals surface area contributed by atoms with Crippen LogP contribution in [0.3, 0.4) is 0 Å². The van der Waals surface area contributed by atoms with E-state index in [1.165, 1.54) is 6.08 Å². The van der Waals surface area contributed by atoms with Crippen molar-refractivity contribution in [3.8, 4) is 0 Å². The van der Waals surface area contributed by atoms with Gasteiger partial charge in [-0.2, -0.15) is 0 Å². The van der Waals surface area contributed by atoms with Crippen LogP contribution in [0.2, 0.25) is 0 Å². The summed E-state index contributed by atoms with van der Waals surface area (Å²) < 4.78 is 5.14. The zero-order chi connectivity index (χ0) is 11.4. The Morgan fingerprint density at radius 1 is 1.31 bits per heavy atom. The minimum absolute atomic E-state index is 0.0116. The number of esters is 1. The summed E-state index contributed by atoms with van der Waals surface area (Å²) in [6, 6.07) is 9.39. The summed E-state index contributed by atoms with van der Waals surface area (Å²) in [7, 11) is 0. The Kier molecular flexibility index (Phi) is 3.15. The average molecular weight is 216 g/mol. The lowest BCUT2D eigenvalue weighted by Crippen LogP contribution is -2.16. The van der Waals surface area contributed by atoms with Gasteiger partial charge in [-0.05, 0) is 17.7 Å². The number of benzene rings is 1. The molecule has 0 aromatic heterocycles. The van der Waals surface area contributed by atoms with Gasteiger partial charge in [0.15, 0.2) is 5.78 Å². The standard InChI is InChI=1S/C13H12O3/c14-11-6-7-12(9-11)16-13(15)8-10-4-2-1-3-5-10/h1-7,12H,8-9H2/t12-/m1/s1. The molecule has 0 aliphatic heterocycles. The maximum Gasteiger partial charge on any atom is 0.310 e. The molecular weight excluding hydrogens is 204 g/mol. The molecule has 1 aromatic rings. The van der Waals surface area contributed by atoms with Gasteiger partial charge in [-0.1, -0.05) is 30.3 Å². The molecule has 0 unspecified atom stereocenters. The molecule has 0 saturated heterocycles. The molecule has 16 heavy (non-hydrogen) atoms. The second-order valence-corrected chi connectivity index (χ2v) is 3.72. The molecule has 3 heteroatoms. The molecular formula is C13H12O3.